The summed E-state index contributed by atoms with van der Waals surface area (Å²) >= 11 is 0. The van der Waals surface area contributed by atoms with E-state index in [2.05, 4.69) is 0 Å². The first kappa shape index (κ1) is 20.3. The SMILES string of the molecule is COC(CCC[SiH2]CC[SiH2]CCCC(OC)OC)OC. The van der Waals surface area contributed by atoms with Crippen molar-refractivity contribution in [1.29, 1.82) is 0 Å². The van der Waals surface area contributed by atoms with Crippen molar-refractivity contribution in [3.8, 4) is 0 Å². The monoisotopic (exact) mass is 322 g/mol. The van der Waals surface area contributed by atoms with E-state index in [1.54, 1.807) is 28.4 Å². The molecule has 0 atom stereocenters. The van der Waals surface area contributed by atoms with Crippen LogP contribution in [0.4, 0.5) is 0 Å². The summed E-state index contributed by atoms with van der Waals surface area (Å²) in [6.45, 7) is 0. The highest BCUT2D eigenvalue weighted by molar-refractivity contribution is 6.42. The van der Waals surface area contributed by atoms with Crippen molar-refractivity contribution >= 4 is 19.0 Å². The second-order valence-corrected chi connectivity index (χ2v) is 9.45. The highest BCUT2D eigenvalue weighted by Gasteiger charge is 2.05. The molecule has 0 rings (SSSR count). The molecule has 0 bridgehead atoms. The topological polar surface area (TPSA) is 36.9 Å². The summed E-state index contributed by atoms with van der Waals surface area (Å²) in [5.74, 6) is 0. The quantitative estimate of drug-likeness (QED) is 0.262. The molecule has 0 unspecified atom stereocenters. The molecule has 0 aliphatic carbocycles. The maximum absolute atomic E-state index is 5.19. The fourth-order valence-electron chi connectivity index (χ4n) is 2.35. The minimum atomic E-state index is 0.00731. The smallest absolute Gasteiger partial charge is 0.156 e. The average molecular weight is 323 g/mol. The Morgan fingerprint density at radius 2 is 0.950 bits per heavy atom. The van der Waals surface area contributed by atoms with Gasteiger partial charge < -0.3 is 18.9 Å². The van der Waals surface area contributed by atoms with Crippen molar-refractivity contribution in [2.45, 2.75) is 62.4 Å². The Bertz CT molecular complexity index is 168. The van der Waals surface area contributed by atoms with E-state index >= 15 is 0 Å². The van der Waals surface area contributed by atoms with Gasteiger partial charge >= 0.3 is 0 Å². The van der Waals surface area contributed by atoms with E-state index < -0.39 is 0 Å². The summed E-state index contributed by atoms with van der Waals surface area (Å²) in [5.41, 5.74) is 0. The number of methoxy groups -OCH3 is 4. The minimum Gasteiger partial charge on any atom is -0.356 e. The van der Waals surface area contributed by atoms with E-state index in [1.807, 2.05) is 0 Å². The summed E-state index contributed by atoms with van der Waals surface area (Å²) in [7, 11) is 7.21. The van der Waals surface area contributed by atoms with Crippen LogP contribution >= 0.6 is 0 Å². The molecular formula is C14H34O4Si2. The first-order valence-corrected chi connectivity index (χ1v) is 11.9. The van der Waals surface area contributed by atoms with Crippen LogP contribution in [0, 0.1) is 0 Å². The van der Waals surface area contributed by atoms with Gasteiger partial charge in [-0.2, -0.15) is 0 Å². The maximum atomic E-state index is 5.19. The Morgan fingerprint density at radius 1 is 0.600 bits per heavy atom. The Labute approximate surface area is 129 Å². The summed E-state index contributed by atoms with van der Waals surface area (Å²) in [6, 6.07) is 5.95. The van der Waals surface area contributed by atoms with Crippen molar-refractivity contribution in [2.75, 3.05) is 28.4 Å². The second-order valence-electron chi connectivity index (χ2n) is 5.21. The zero-order chi connectivity index (χ0) is 15.1. The third-order valence-corrected chi connectivity index (χ3v) is 8.68. The van der Waals surface area contributed by atoms with Crippen molar-refractivity contribution < 1.29 is 18.9 Å². The highest BCUT2D eigenvalue weighted by Crippen LogP contribution is 2.08. The van der Waals surface area contributed by atoms with Crippen molar-refractivity contribution in [1.82, 2.24) is 0 Å². The molecule has 0 aromatic carbocycles. The molecule has 20 heavy (non-hydrogen) atoms. The molecule has 4 nitrogen and oxygen atoms in total. The third-order valence-electron chi connectivity index (χ3n) is 3.68. The number of hydrogen-bond acceptors (Lipinski definition) is 4. The van der Waals surface area contributed by atoms with Gasteiger partial charge in [0.05, 0.1) is 0 Å². The molecule has 0 heterocycles. The van der Waals surface area contributed by atoms with Gasteiger partial charge in [0.2, 0.25) is 0 Å². The third kappa shape index (κ3) is 12.0. The molecule has 0 aromatic rings. The van der Waals surface area contributed by atoms with Crippen LogP contribution in [0.3, 0.4) is 0 Å². The van der Waals surface area contributed by atoms with Gasteiger partial charge in [-0.3, -0.25) is 0 Å². The summed E-state index contributed by atoms with van der Waals surface area (Å²) < 4.78 is 20.8. The lowest BCUT2D eigenvalue weighted by Crippen LogP contribution is -2.12. The van der Waals surface area contributed by atoms with E-state index in [0.717, 1.165) is 12.8 Å². The van der Waals surface area contributed by atoms with E-state index in [0.29, 0.717) is 0 Å². The largest absolute Gasteiger partial charge is 0.356 e. The number of hydrogen-bond donors (Lipinski definition) is 0. The van der Waals surface area contributed by atoms with Gasteiger partial charge in [-0.15, -0.1) is 0 Å². The van der Waals surface area contributed by atoms with Crippen LogP contribution < -0.4 is 0 Å². The van der Waals surface area contributed by atoms with Gasteiger partial charge in [0, 0.05) is 47.5 Å². The van der Waals surface area contributed by atoms with Crippen LogP contribution in [0.15, 0.2) is 0 Å². The van der Waals surface area contributed by atoms with Gasteiger partial charge in [-0.05, 0) is 12.8 Å². The molecule has 0 radical (unpaired) electrons. The van der Waals surface area contributed by atoms with Gasteiger partial charge in [0.15, 0.2) is 12.6 Å². The molecular weight excluding hydrogens is 288 g/mol. The molecule has 122 valence electrons. The van der Waals surface area contributed by atoms with E-state index in [9.17, 15) is 0 Å². The van der Waals surface area contributed by atoms with Crippen molar-refractivity contribution in [2.24, 2.45) is 0 Å². The first-order chi connectivity index (χ1) is 9.78. The fourth-order valence-corrected chi connectivity index (χ4v) is 7.17. The molecule has 0 saturated carbocycles. The van der Waals surface area contributed by atoms with E-state index in [-0.39, 0.29) is 31.6 Å². The average Bonchev–Trinajstić information content (AvgIpc) is 2.49. The van der Waals surface area contributed by atoms with E-state index in [4.69, 9.17) is 18.9 Å². The lowest BCUT2D eigenvalue weighted by Gasteiger charge is -2.12. The minimum absolute atomic E-state index is 0.00731. The maximum Gasteiger partial charge on any atom is 0.156 e. The van der Waals surface area contributed by atoms with Gasteiger partial charge in [-0.25, -0.2) is 0 Å². The number of ether oxygens (including phenoxy) is 4. The lowest BCUT2D eigenvalue weighted by atomic mass is 10.3. The van der Waals surface area contributed by atoms with Gasteiger partial charge in [0.25, 0.3) is 0 Å². The van der Waals surface area contributed by atoms with Crippen LogP contribution in [0.5, 0.6) is 0 Å². The van der Waals surface area contributed by atoms with Gasteiger partial charge in [0.1, 0.15) is 0 Å². The summed E-state index contributed by atoms with van der Waals surface area (Å²) in [4.78, 5) is 0. The molecule has 0 aromatic heterocycles. The zero-order valence-corrected chi connectivity index (χ0v) is 16.7. The van der Waals surface area contributed by atoms with Crippen LogP contribution in [0.2, 0.25) is 24.2 Å². The fraction of sp³-hybridized carbons (Fsp3) is 1.00. The number of rotatable bonds is 15. The van der Waals surface area contributed by atoms with Crippen molar-refractivity contribution in [3.63, 3.8) is 0 Å². The molecule has 0 spiro atoms. The highest BCUT2D eigenvalue weighted by atomic mass is 28.2. The Hall–Kier alpha value is 0.274. The van der Waals surface area contributed by atoms with Crippen LogP contribution in [-0.4, -0.2) is 60.1 Å². The lowest BCUT2D eigenvalue weighted by molar-refractivity contribution is -0.106. The van der Waals surface area contributed by atoms with Crippen LogP contribution in [-0.2, 0) is 18.9 Å². The van der Waals surface area contributed by atoms with Crippen LogP contribution in [0.1, 0.15) is 25.7 Å². The van der Waals surface area contributed by atoms with E-state index in [1.165, 1.54) is 37.0 Å². The summed E-state index contributed by atoms with van der Waals surface area (Å²) in [6.07, 6.45) is 4.65. The normalized spacial score (nSPS) is 12.9. The predicted octanol–water partition coefficient (Wildman–Crippen LogP) is 1.80. The van der Waals surface area contributed by atoms with Crippen LogP contribution in [0.25, 0.3) is 0 Å². The summed E-state index contributed by atoms with van der Waals surface area (Å²) in [5, 5.41) is 0. The standard InChI is InChI=1S/C14H34O4Si2/c1-15-13(16-2)7-5-9-19-11-12-20-10-6-8-14(17-3)18-4/h13-14H,5-12,19-20H2,1-4H3. The predicted molar refractivity (Wildman–Crippen MR) is 90.4 cm³/mol. The first-order valence-electron chi connectivity index (χ1n) is 7.89. The molecule has 0 aliphatic rings. The Balaban J connectivity index is 3.17. The molecule has 0 aliphatic heterocycles. The molecule has 0 fully saturated rings. The molecule has 6 heteroatoms. The Morgan fingerprint density at radius 3 is 1.25 bits per heavy atom. The Kier molecular flexibility index (Phi) is 15.9. The molecule has 0 N–H and O–H groups in total. The van der Waals surface area contributed by atoms with Crippen molar-refractivity contribution in [3.05, 3.63) is 0 Å². The molecule has 0 saturated heterocycles. The zero-order valence-electron chi connectivity index (χ0n) is 13.9. The molecule has 0 amide bonds. The van der Waals surface area contributed by atoms with Gasteiger partial charge in [-0.1, -0.05) is 37.0 Å². The second kappa shape index (κ2) is 15.7.